The Morgan fingerprint density at radius 1 is 1.09 bits per heavy atom. The second-order valence-electron chi connectivity index (χ2n) is 8.58. The van der Waals surface area contributed by atoms with Gasteiger partial charge in [-0.3, -0.25) is 4.79 Å². The number of halogens is 2. The van der Waals surface area contributed by atoms with Crippen molar-refractivity contribution in [1.82, 2.24) is 14.6 Å². The van der Waals surface area contributed by atoms with Crippen molar-refractivity contribution >= 4 is 44.8 Å². The van der Waals surface area contributed by atoms with Crippen molar-refractivity contribution in [3.8, 4) is 11.3 Å². The lowest BCUT2D eigenvalue weighted by atomic mass is 10.1. The molecular weight excluding hydrogens is 524 g/mol. The average Bonchev–Trinajstić information content (AvgIpc) is 3.21. The van der Waals surface area contributed by atoms with Crippen LogP contribution in [0.1, 0.15) is 62.4 Å². The molecule has 0 amide bonds. The highest BCUT2D eigenvalue weighted by molar-refractivity contribution is 9.10. The fourth-order valence-corrected chi connectivity index (χ4v) is 4.41. The summed E-state index contributed by atoms with van der Waals surface area (Å²) in [5, 5.41) is 8.82. The van der Waals surface area contributed by atoms with Gasteiger partial charge in [-0.25, -0.2) is 4.98 Å². The molecule has 0 aliphatic carbocycles. The van der Waals surface area contributed by atoms with E-state index in [-0.39, 0.29) is 5.78 Å². The summed E-state index contributed by atoms with van der Waals surface area (Å²) in [6.45, 7) is 8.01. The maximum absolute atomic E-state index is 10.8. The van der Waals surface area contributed by atoms with Gasteiger partial charge in [-0.2, -0.15) is 9.61 Å². The van der Waals surface area contributed by atoms with Crippen molar-refractivity contribution in [1.29, 1.82) is 0 Å². The number of aryl methyl sites for hydroxylation is 1. The van der Waals surface area contributed by atoms with Crippen molar-refractivity contribution < 1.29 is 4.79 Å². The minimum Gasteiger partial charge on any atom is -0.367 e. The molecule has 0 unspecified atom stereocenters. The first-order valence-corrected chi connectivity index (χ1v) is 13.1. The van der Waals surface area contributed by atoms with Crippen LogP contribution in [0.4, 0.5) is 5.82 Å². The van der Waals surface area contributed by atoms with E-state index in [4.69, 9.17) is 16.6 Å². The maximum Gasteiger partial charge on any atom is 0.172 e. The summed E-state index contributed by atoms with van der Waals surface area (Å²) in [6, 6.07) is 17.8. The molecule has 4 aromatic rings. The van der Waals surface area contributed by atoms with Crippen molar-refractivity contribution in [2.24, 2.45) is 0 Å². The molecule has 4 rings (SSSR count). The number of ketones is 1. The highest BCUT2D eigenvalue weighted by atomic mass is 79.9. The van der Waals surface area contributed by atoms with Gasteiger partial charge >= 0.3 is 0 Å². The molecule has 0 bridgehead atoms. The third-order valence-electron chi connectivity index (χ3n) is 5.66. The minimum absolute atomic E-state index is 0.125. The fourth-order valence-electron chi connectivity index (χ4n) is 3.83. The van der Waals surface area contributed by atoms with Crippen molar-refractivity contribution in [2.45, 2.75) is 59.4 Å². The number of nitrogens with zero attached hydrogens (tertiary/aromatic N) is 3. The second-order valence-corrected chi connectivity index (χ2v) is 9.84. The second kappa shape index (κ2) is 12.8. The van der Waals surface area contributed by atoms with Crippen molar-refractivity contribution in [3.63, 3.8) is 0 Å². The summed E-state index contributed by atoms with van der Waals surface area (Å²) in [6.07, 6.45) is 6.32. The minimum atomic E-state index is 0.125. The van der Waals surface area contributed by atoms with Gasteiger partial charge in [-0.1, -0.05) is 86.3 Å². The molecule has 0 fully saturated rings. The Bertz CT molecular complexity index is 1260. The van der Waals surface area contributed by atoms with Gasteiger partial charge < -0.3 is 5.32 Å². The summed E-state index contributed by atoms with van der Waals surface area (Å²) in [7, 11) is 0. The third kappa shape index (κ3) is 7.15. The number of aromatic nitrogens is 3. The molecule has 0 aliphatic rings. The molecule has 35 heavy (non-hydrogen) atoms. The van der Waals surface area contributed by atoms with E-state index in [1.54, 1.807) is 13.1 Å². The lowest BCUT2D eigenvalue weighted by Crippen LogP contribution is -2.21. The van der Waals surface area contributed by atoms with Crippen molar-refractivity contribution in [2.75, 3.05) is 5.32 Å². The molecule has 0 saturated heterocycles. The zero-order valence-corrected chi connectivity index (χ0v) is 23.0. The van der Waals surface area contributed by atoms with Gasteiger partial charge in [0.25, 0.3) is 0 Å². The molecule has 184 valence electrons. The monoisotopic (exact) mass is 554 g/mol. The molecule has 7 heteroatoms. The lowest BCUT2D eigenvalue weighted by Gasteiger charge is -2.20. The highest BCUT2D eigenvalue weighted by Crippen LogP contribution is 2.30. The SMILES string of the molecule is CC(=O)c1ccc(C)cc1.CCCC(CCC)Nc1cc(-c2ccccc2Cl)nc2c(Br)cnn12. The maximum atomic E-state index is 10.8. The number of carbonyl (C=O) groups is 1. The first kappa shape index (κ1) is 26.9. The highest BCUT2D eigenvalue weighted by Gasteiger charge is 2.15. The van der Waals surface area contributed by atoms with Crippen LogP contribution in [-0.4, -0.2) is 26.4 Å². The van der Waals surface area contributed by atoms with E-state index in [9.17, 15) is 4.79 Å². The number of benzene rings is 2. The van der Waals surface area contributed by atoms with E-state index in [1.165, 1.54) is 5.56 Å². The van der Waals surface area contributed by atoms with Crippen LogP contribution < -0.4 is 5.32 Å². The summed E-state index contributed by atoms with van der Waals surface area (Å²) in [5.41, 5.74) is 4.51. The van der Waals surface area contributed by atoms with E-state index in [2.05, 4.69) is 40.2 Å². The molecule has 2 aromatic carbocycles. The number of nitrogens with one attached hydrogen (secondary N) is 1. The topological polar surface area (TPSA) is 59.3 Å². The number of fused-ring (bicyclic) bond motifs is 1. The predicted octanol–water partition coefficient (Wildman–Crippen LogP) is 8.39. The van der Waals surface area contributed by atoms with Gasteiger partial charge in [0.2, 0.25) is 0 Å². The third-order valence-corrected chi connectivity index (χ3v) is 6.55. The van der Waals surface area contributed by atoms with E-state index in [0.717, 1.165) is 58.4 Å². The zero-order valence-electron chi connectivity index (χ0n) is 20.7. The molecule has 0 spiro atoms. The molecule has 0 saturated carbocycles. The number of rotatable bonds is 8. The summed E-state index contributed by atoms with van der Waals surface area (Å²) in [4.78, 5) is 15.5. The molecule has 0 aliphatic heterocycles. The number of Topliss-reactive ketones (excluding diaryl/α,β-unsaturated/α-hetero) is 1. The Hall–Kier alpha value is -2.70. The summed E-state index contributed by atoms with van der Waals surface area (Å²) in [5.74, 6) is 1.07. The Labute approximate surface area is 221 Å². The number of carbonyl (C=O) groups excluding carboxylic acids is 1. The van der Waals surface area contributed by atoms with Crippen LogP contribution in [0.3, 0.4) is 0 Å². The molecule has 5 nitrogen and oxygen atoms in total. The van der Waals surface area contributed by atoms with Crippen LogP contribution in [0, 0.1) is 6.92 Å². The summed E-state index contributed by atoms with van der Waals surface area (Å²) >= 11 is 9.93. The number of anilines is 1. The Balaban J connectivity index is 0.000000287. The first-order chi connectivity index (χ1) is 16.8. The van der Waals surface area contributed by atoms with Crippen LogP contribution in [0.5, 0.6) is 0 Å². The van der Waals surface area contributed by atoms with Gasteiger partial charge in [0.15, 0.2) is 11.4 Å². The smallest absolute Gasteiger partial charge is 0.172 e. The Morgan fingerprint density at radius 2 is 1.74 bits per heavy atom. The molecule has 2 heterocycles. The number of hydrogen-bond donors (Lipinski definition) is 1. The van der Waals surface area contributed by atoms with Crippen LogP contribution in [0.15, 0.2) is 65.3 Å². The van der Waals surface area contributed by atoms with Gasteiger partial charge in [-0.15, -0.1) is 0 Å². The van der Waals surface area contributed by atoms with Gasteiger partial charge in [0.1, 0.15) is 5.82 Å². The summed E-state index contributed by atoms with van der Waals surface area (Å²) < 4.78 is 2.72. The quantitative estimate of drug-likeness (QED) is 0.222. The van der Waals surface area contributed by atoms with E-state index in [1.807, 2.05) is 66.0 Å². The van der Waals surface area contributed by atoms with E-state index >= 15 is 0 Å². The zero-order chi connectivity index (χ0) is 25.4. The van der Waals surface area contributed by atoms with Crippen LogP contribution in [0.25, 0.3) is 16.9 Å². The fraction of sp³-hybridized carbons (Fsp3) is 0.321. The predicted molar refractivity (Wildman–Crippen MR) is 150 cm³/mol. The largest absolute Gasteiger partial charge is 0.367 e. The number of hydrogen-bond acceptors (Lipinski definition) is 4. The first-order valence-electron chi connectivity index (χ1n) is 12.0. The standard InChI is InChI=1S/C19H22BrClN4.C9H10O/c1-3-7-13(8-4-2)23-18-11-17(14-9-5-6-10-16(14)21)24-19-15(20)12-22-25(18)19;1-7-3-5-9(6-4-7)8(2)10/h5-6,9-13,23H,3-4,7-8H2,1-2H3;3-6H,1-2H3. The Kier molecular flexibility index (Phi) is 9.87. The molecular formula is C28H32BrClN4O. The normalized spacial score (nSPS) is 10.8. The van der Waals surface area contributed by atoms with Crippen molar-refractivity contribution in [3.05, 3.63) is 81.4 Å². The molecule has 2 aromatic heterocycles. The van der Waals surface area contributed by atoms with Crippen LogP contribution in [-0.2, 0) is 0 Å². The van der Waals surface area contributed by atoms with Gasteiger partial charge in [0.05, 0.1) is 16.4 Å². The van der Waals surface area contributed by atoms with E-state index in [0.29, 0.717) is 11.1 Å². The molecule has 0 atom stereocenters. The molecule has 0 radical (unpaired) electrons. The Morgan fingerprint density at radius 3 is 2.34 bits per heavy atom. The van der Waals surface area contributed by atoms with Gasteiger partial charge in [-0.05, 0) is 48.7 Å². The van der Waals surface area contributed by atoms with E-state index < -0.39 is 0 Å². The average molecular weight is 556 g/mol. The van der Waals surface area contributed by atoms with Crippen LogP contribution >= 0.6 is 27.5 Å². The van der Waals surface area contributed by atoms with Crippen LogP contribution in [0.2, 0.25) is 5.02 Å². The van der Waals surface area contributed by atoms with Gasteiger partial charge in [0, 0.05) is 28.3 Å². The molecule has 1 N–H and O–H groups in total. The lowest BCUT2D eigenvalue weighted by molar-refractivity contribution is 0.101.